The average Bonchev–Trinajstić information content (AvgIpc) is 2.37. The first-order chi connectivity index (χ1) is 8.96. The molecule has 0 bridgehead atoms. The minimum atomic E-state index is -4.68. The Balaban J connectivity index is 2.09. The summed E-state index contributed by atoms with van der Waals surface area (Å²) in [7, 11) is 0. The number of benzene rings is 1. The van der Waals surface area contributed by atoms with Crippen molar-refractivity contribution in [1.82, 2.24) is 0 Å². The van der Waals surface area contributed by atoms with Gasteiger partial charge in [0.15, 0.2) is 0 Å². The van der Waals surface area contributed by atoms with E-state index in [4.69, 9.17) is 10.5 Å². The minimum absolute atomic E-state index is 0.229. The highest BCUT2D eigenvalue weighted by atomic mass is 19.4. The number of ether oxygens (including phenoxy) is 2. The SMILES string of the molecule is NC(c1cccc(OC(F)(F)F)c1)C1CCOCC1. The smallest absolute Gasteiger partial charge is 0.406 e. The van der Waals surface area contributed by atoms with Gasteiger partial charge in [0.25, 0.3) is 0 Å². The van der Waals surface area contributed by atoms with Gasteiger partial charge >= 0.3 is 6.36 Å². The van der Waals surface area contributed by atoms with Crippen molar-refractivity contribution in [3.05, 3.63) is 29.8 Å². The monoisotopic (exact) mass is 275 g/mol. The normalized spacial score (nSPS) is 19.2. The third-order valence-corrected chi connectivity index (χ3v) is 3.25. The summed E-state index contributed by atoms with van der Waals surface area (Å²) < 4.78 is 45.6. The van der Waals surface area contributed by atoms with Crippen LogP contribution in [0.15, 0.2) is 24.3 Å². The van der Waals surface area contributed by atoms with E-state index >= 15 is 0 Å². The zero-order chi connectivity index (χ0) is 13.9. The maximum Gasteiger partial charge on any atom is 0.573 e. The van der Waals surface area contributed by atoms with Crippen LogP contribution in [0.5, 0.6) is 5.75 Å². The molecule has 1 unspecified atom stereocenters. The quantitative estimate of drug-likeness (QED) is 0.922. The molecule has 2 N–H and O–H groups in total. The van der Waals surface area contributed by atoms with E-state index in [0.717, 1.165) is 12.8 Å². The Labute approximate surface area is 109 Å². The molecule has 1 saturated heterocycles. The number of halogens is 3. The highest BCUT2D eigenvalue weighted by Crippen LogP contribution is 2.31. The van der Waals surface area contributed by atoms with Crippen LogP contribution >= 0.6 is 0 Å². The second-order valence-corrected chi connectivity index (χ2v) is 4.60. The molecule has 0 aromatic heterocycles. The molecule has 1 aliphatic rings. The molecule has 1 aliphatic heterocycles. The third kappa shape index (κ3) is 4.11. The Morgan fingerprint density at radius 3 is 2.58 bits per heavy atom. The van der Waals surface area contributed by atoms with E-state index in [1.165, 1.54) is 18.2 Å². The van der Waals surface area contributed by atoms with Crippen molar-refractivity contribution in [1.29, 1.82) is 0 Å². The van der Waals surface area contributed by atoms with Gasteiger partial charge in [0.1, 0.15) is 5.75 Å². The molecule has 0 aliphatic carbocycles. The first kappa shape index (κ1) is 14.1. The van der Waals surface area contributed by atoms with Crippen LogP contribution in [-0.4, -0.2) is 19.6 Å². The van der Waals surface area contributed by atoms with E-state index in [1.54, 1.807) is 6.07 Å². The van der Waals surface area contributed by atoms with Crippen molar-refractivity contribution in [2.45, 2.75) is 25.2 Å². The van der Waals surface area contributed by atoms with Crippen molar-refractivity contribution in [2.75, 3.05) is 13.2 Å². The maximum absolute atomic E-state index is 12.2. The molecule has 1 atom stereocenters. The van der Waals surface area contributed by atoms with Gasteiger partial charge in [0.05, 0.1) is 0 Å². The summed E-state index contributed by atoms with van der Waals surface area (Å²) in [5, 5.41) is 0. The molecule has 0 saturated carbocycles. The molecule has 6 heteroatoms. The van der Waals surface area contributed by atoms with Crippen LogP contribution in [0, 0.1) is 5.92 Å². The molecule has 1 heterocycles. The Kier molecular flexibility index (Phi) is 4.31. The van der Waals surface area contributed by atoms with Gasteiger partial charge in [-0.25, -0.2) is 0 Å². The summed E-state index contributed by atoms with van der Waals surface area (Å²) >= 11 is 0. The summed E-state index contributed by atoms with van der Waals surface area (Å²) in [4.78, 5) is 0. The van der Waals surface area contributed by atoms with Crippen LogP contribution in [0.3, 0.4) is 0 Å². The lowest BCUT2D eigenvalue weighted by Gasteiger charge is -2.28. The fourth-order valence-corrected chi connectivity index (χ4v) is 2.27. The van der Waals surface area contributed by atoms with Gasteiger partial charge in [-0.05, 0) is 36.5 Å². The number of rotatable bonds is 3. The van der Waals surface area contributed by atoms with Crippen LogP contribution in [0.25, 0.3) is 0 Å². The van der Waals surface area contributed by atoms with Gasteiger partial charge in [0, 0.05) is 19.3 Å². The van der Waals surface area contributed by atoms with Crippen LogP contribution in [0.2, 0.25) is 0 Å². The third-order valence-electron chi connectivity index (χ3n) is 3.25. The van der Waals surface area contributed by atoms with Crippen molar-refractivity contribution < 1.29 is 22.6 Å². The predicted molar refractivity (Wildman–Crippen MR) is 63.6 cm³/mol. The van der Waals surface area contributed by atoms with E-state index in [1.807, 2.05) is 0 Å². The van der Waals surface area contributed by atoms with Crippen LogP contribution < -0.4 is 10.5 Å². The zero-order valence-corrected chi connectivity index (χ0v) is 10.3. The van der Waals surface area contributed by atoms with Crippen LogP contribution in [-0.2, 0) is 4.74 Å². The van der Waals surface area contributed by atoms with E-state index < -0.39 is 6.36 Å². The van der Waals surface area contributed by atoms with E-state index in [-0.39, 0.29) is 17.7 Å². The fraction of sp³-hybridized carbons (Fsp3) is 0.538. The van der Waals surface area contributed by atoms with Crippen molar-refractivity contribution >= 4 is 0 Å². The number of hydrogen-bond donors (Lipinski definition) is 1. The zero-order valence-electron chi connectivity index (χ0n) is 10.3. The number of alkyl halides is 3. The molecule has 106 valence electrons. The lowest BCUT2D eigenvalue weighted by molar-refractivity contribution is -0.274. The van der Waals surface area contributed by atoms with E-state index in [2.05, 4.69) is 4.74 Å². The van der Waals surface area contributed by atoms with Gasteiger partial charge in [-0.3, -0.25) is 0 Å². The van der Waals surface area contributed by atoms with Gasteiger partial charge in [-0.15, -0.1) is 13.2 Å². The Morgan fingerprint density at radius 1 is 1.26 bits per heavy atom. The molecule has 3 nitrogen and oxygen atoms in total. The van der Waals surface area contributed by atoms with Crippen molar-refractivity contribution in [3.8, 4) is 5.75 Å². The Bertz CT molecular complexity index is 417. The molecule has 1 aromatic carbocycles. The molecule has 0 radical (unpaired) electrons. The van der Waals surface area contributed by atoms with Crippen LogP contribution in [0.4, 0.5) is 13.2 Å². The molecule has 19 heavy (non-hydrogen) atoms. The minimum Gasteiger partial charge on any atom is -0.406 e. The Hall–Kier alpha value is -1.27. The molecule has 1 aromatic rings. The van der Waals surface area contributed by atoms with Crippen LogP contribution in [0.1, 0.15) is 24.4 Å². The standard InChI is InChI=1S/C13H16F3NO2/c14-13(15,16)19-11-3-1-2-10(8-11)12(17)9-4-6-18-7-5-9/h1-3,8-9,12H,4-7,17H2. The molecular formula is C13H16F3NO2. The predicted octanol–water partition coefficient (Wildman–Crippen LogP) is 3.01. The molecule has 1 fully saturated rings. The lowest BCUT2D eigenvalue weighted by Crippen LogP contribution is -2.27. The first-order valence-corrected chi connectivity index (χ1v) is 6.15. The van der Waals surface area contributed by atoms with Crippen molar-refractivity contribution in [3.63, 3.8) is 0 Å². The summed E-state index contributed by atoms with van der Waals surface area (Å²) in [6.45, 7) is 1.30. The molecule has 2 rings (SSSR count). The topological polar surface area (TPSA) is 44.5 Å². The second-order valence-electron chi connectivity index (χ2n) is 4.60. The first-order valence-electron chi connectivity index (χ1n) is 6.15. The van der Waals surface area contributed by atoms with Gasteiger partial charge in [-0.1, -0.05) is 12.1 Å². The van der Waals surface area contributed by atoms with Gasteiger partial charge in [-0.2, -0.15) is 0 Å². The van der Waals surface area contributed by atoms with E-state index in [0.29, 0.717) is 18.8 Å². The largest absolute Gasteiger partial charge is 0.573 e. The summed E-state index contributed by atoms with van der Waals surface area (Å²) in [5.41, 5.74) is 6.77. The molecular weight excluding hydrogens is 259 g/mol. The highest BCUT2D eigenvalue weighted by molar-refractivity contribution is 5.31. The summed E-state index contributed by atoms with van der Waals surface area (Å²) in [5.74, 6) is 0.00222. The fourth-order valence-electron chi connectivity index (χ4n) is 2.27. The maximum atomic E-state index is 12.2. The lowest BCUT2D eigenvalue weighted by atomic mass is 9.88. The highest BCUT2D eigenvalue weighted by Gasteiger charge is 2.31. The second kappa shape index (κ2) is 5.79. The summed E-state index contributed by atoms with van der Waals surface area (Å²) in [6.07, 6.45) is -3.03. The Morgan fingerprint density at radius 2 is 1.95 bits per heavy atom. The van der Waals surface area contributed by atoms with Crippen molar-refractivity contribution in [2.24, 2.45) is 11.7 Å². The summed E-state index contributed by atoms with van der Waals surface area (Å²) in [6, 6.07) is 5.58. The number of hydrogen-bond acceptors (Lipinski definition) is 3. The number of nitrogens with two attached hydrogens (primary N) is 1. The molecule has 0 amide bonds. The van der Waals surface area contributed by atoms with E-state index in [9.17, 15) is 13.2 Å². The van der Waals surface area contributed by atoms with Gasteiger partial charge < -0.3 is 15.2 Å². The average molecular weight is 275 g/mol. The molecule has 0 spiro atoms. The van der Waals surface area contributed by atoms with Gasteiger partial charge in [0.2, 0.25) is 0 Å².